The number of aromatic nitrogens is 3. The molecular weight excluding hydrogens is 450 g/mol. The largest absolute Gasteiger partial charge is 0.454 e. The van der Waals surface area contributed by atoms with E-state index in [1.54, 1.807) is 0 Å². The average molecular weight is 480 g/mol. The summed E-state index contributed by atoms with van der Waals surface area (Å²) in [4.78, 5) is 15.0. The number of fused-ring (bicyclic) bond motifs is 1. The molecule has 0 atom stereocenters. The number of rotatable bonds is 9. The lowest BCUT2D eigenvalue weighted by Crippen LogP contribution is -2.30. The SMILES string of the molecule is O=C(CSc1nnc(CN2CCCCC2)n1Cc1ccccc1)NCc1ccc2c(c1)OCO2. The van der Waals surface area contributed by atoms with E-state index in [2.05, 4.69) is 37.1 Å². The van der Waals surface area contributed by atoms with Crippen molar-refractivity contribution in [2.24, 2.45) is 0 Å². The summed E-state index contributed by atoms with van der Waals surface area (Å²) in [6.45, 7) is 4.36. The van der Waals surface area contributed by atoms with Crippen molar-refractivity contribution in [2.75, 3.05) is 25.6 Å². The first kappa shape index (κ1) is 22.7. The van der Waals surface area contributed by atoms with Crippen LogP contribution in [0.3, 0.4) is 0 Å². The van der Waals surface area contributed by atoms with Crippen molar-refractivity contribution >= 4 is 17.7 Å². The maximum atomic E-state index is 12.6. The summed E-state index contributed by atoms with van der Waals surface area (Å²) >= 11 is 1.43. The topological polar surface area (TPSA) is 81.5 Å². The molecule has 0 spiro atoms. The second kappa shape index (κ2) is 10.9. The molecule has 8 nitrogen and oxygen atoms in total. The van der Waals surface area contributed by atoms with Gasteiger partial charge in [0.2, 0.25) is 12.7 Å². The highest BCUT2D eigenvalue weighted by atomic mass is 32.2. The highest BCUT2D eigenvalue weighted by molar-refractivity contribution is 7.99. The quantitative estimate of drug-likeness (QED) is 0.471. The van der Waals surface area contributed by atoms with Crippen molar-refractivity contribution in [3.63, 3.8) is 0 Å². The van der Waals surface area contributed by atoms with E-state index in [4.69, 9.17) is 9.47 Å². The molecule has 2 aliphatic heterocycles. The molecule has 0 bridgehead atoms. The number of nitrogens with zero attached hydrogens (tertiary/aromatic N) is 4. The second-order valence-electron chi connectivity index (χ2n) is 8.56. The zero-order valence-electron chi connectivity index (χ0n) is 19.1. The number of ether oxygens (including phenoxy) is 2. The van der Waals surface area contributed by atoms with Gasteiger partial charge in [0.1, 0.15) is 5.82 Å². The van der Waals surface area contributed by atoms with Crippen molar-refractivity contribution < 1.29 is 14.3 Å². The number of carbonyl (C=O) groups is 1. The lowest BCUT2D eigenvalue weighted by Gasteiger charge is -2.26. The minimum atomic E-state index is -0.0468. The van der Waals surface area contributed by atoms with E-state index < -0.39 is 0 Å². The number of hydrogen-bond acceptors (Lipinski definition) is 7. The summed E-state index contributed by atoms with van der Waals surface area (Å²) < 4.78 is 12.9. The Bertz CT molecular complexity index is 1110. The predicted molar refractivity (Wildman–Crippen MR) is 130 cm³/mol. The number of nitrogens with one attached hydrogen (secondary N) is 1. The van der Waals surface area contributed by atoms with Crippen LogP contribution in [0.2, 0.25) is 0 Å². The molecule has 1 aromatic heterocycles. The molecule has 3 aromatic rings. The summed E-state index contributed by atoms with van der Waals surface area (Å²) in [6.07, 6.45) is 3.77. The van der Waals surface area contributed by atoms with Gasteiger partial charge in [0.15, 0.2) is 16.7 Å². The van der Waals surface area contributed by atoms with E-state index in [1.165, 1.54) is 36.6 Å². The smallest absolute Gasteiger partial charge is 0.231 e. The molecule has 178 valence electrons. The van der Waals surface area contributed by atoms with Crippen molar-refractivity contribution in [1.82, 2.24) is 25.0 Å². The van der Waals surface area contributed by atoms with Crippen LogP contribution >= 0.6 is 11.8 Å². The fraction of sp³-hybridized carbons (Fsp3) is 0.400. The Morgan fingerprint density at radius 2 is 1.76 bits per heavy atom. The Labute approximate surface area is 203 Å². The molecule has 0 unspecified atom stereocenters. The van der Waals surface area contributed by atoms with Crippen LogP contribution in [0, 0.1) is 0 Å². The van der Waals surface area contributed by atoms with E-state index in [1.807, 2.05) is 36.4 Å². The van der Waals surface area contributed by atoms with Gasteiger partial charge >= 0.3 is 0 Å². The molecule has 0 radical (unpaired) electrons. The molecule has 9 heteroatoms. The van der Waals surface area contributed by atoms with E-state index in [0.717, 1.165) is 47.7 Å². The summed E-state index contributed by atoms with van der Waals surface area (Å²) in [5.74, 6) is 2.64. The minimum Gasteiger partial charge on any atom is -0.454 e. The molecule has 5 rings (SSSR count). The number of benzene rings is 2. The molecule has 1 saturated heterocycles. The number of hydrogen-bond donors (Lipinski definition) is 1. The molecule has 0 saturated carbocycles. The maximum absolute atomic E-state index is 12.6. The van der Waals surface area contributed by atoms with Gasteiger partial charge < -0.3 is 19.4 Å². The third kappa shape index (κ3) is 5.71. The number of piperidine rings is 1. The lowest BCUT2D eigenvalue weighted by molar-refractivity contribution is -0.118. The van der Waals surface area contributed by atoms with Gasteiger partial charge in [-0.05, 0) is 49.2 Å². The van der Waals surface area contributed by atoms with Gasteiger partial charge in [-0.25, -0.2) is 0 Å². The predicted octanol–water partition coefficient (Wildman–Crippen LogP) is 3.45. The van der Waals surface area contributed by atoms with Crippen LogP contribution < -0.4 is 14.8 Å². The molecule has 2 aromatic carbocycles. The molecule has 2 aliphatic rings. The number of thioether (sulfide) groups is 1. The van der Waals surface area contributed by atoms with Gasteiger partial charge in [-0.15, -0.1) is 10.2 Å². The van der Waals surface area contributed by atoms with E-state index in [0.29, 0.717) is 13.1 Å². The monoisotopic (exact) mass is 479 g/mol. The van der Waals surface area contributed by atoms with Crippen molar-refractivity contribution in [3.05, 3.63) is 65.5 Å². The van der Waals surface area contributed by atoms with Crippen LogP contribution in [0.1, 0.15) is 36.2 Å². The van der Waals surface area contributed by atoms with E-state index >= 15 is 0 Å². The van der Waals surface area contributed by atoms with Crippen LogP contribution in [0.5, 0.6) is 11.5 Å². The molecule has 1 fully saturated rings. The molecule has 3 heterocycles. The van der Waals surface area contributed by atoms with Crippen LogP contribution in [0.15, 0.2) is 53.7 Å². The number of likely N-dealkylation sites (tertiary alicyclic amines) is 1. The number of carbonyl (C=O) groups excluding carboxylic acids is 1. The molecule has 1 N–H and O–H groups in total. The van der Waals surface area contributed by atoms with Crippen LogP contribution in [0.25, 0.3) is 0 Å². The summed E-state index contributed by atoms with van der Waals surface area (Å²) in [6, 6.07) is 16.0. The third-order valence-corrected chi connectivity index (χ3v) is 7.02. The Morgan fingerprint density at radius 1 is 0.941 bits per heavy atom. The fourth-order valence-electron chi connectivity index (χ4n) is 4.22. The van der Waals surface area contributed by atoms with Gasteiger partial charge in [0.05, 0.1) is 18.8 Å². The van der Waals surface area contributed by atoms with Crippen molar-refractivity contribution in [2.45, 2.75) is 44.1 Å². The van der Waals surface area contributed by atoms with Crippen LogP contribution in [0.4, 0.5) is 0 Å². The average Bonchev–Trinajstić information content (AvgIpc) is 3.49. The van der Waals surface area contributed by atoms with Gasteiger partial charge in [-0.2, -0.15) is 0 Å². The maximum Gasteiger partial charge on any atom is 0.231 e. The first-order valence-corrected chi connectivity index (χ1v) is 12.7. The zero-order valence-corrected chi connectivity index (χ0v) is 19.9. The first-order valence-electron chi connectivity index (χ1n) is 11.7. The molecule has 0 aliphatic carbocycles. The Morgan fingerprint density at radius 3 is 2.62 bits per heavy atom. The van der Waals surface area contributed by atoms with E-state index in [9.17, 15) is 4.79 Å². The second-order valence-corrected chi connectivity index (χ2v) is 9.50. The standard InChI is InChI=1S/C25H29N5O3S/c31-24(26-14-20-9-10-21-22(13-20)33-18-32-21)17-34-25-28-27-23(16-29-11-5-2-6-12-29)30(25)15-19-7-3-1-4-8-19/h1,3-4,7-10,13H,2,5-6,11-12,14-18H2,(H,26,31). The van der Waals surface area contributed by atoms with Gasteiger partial charge in [0.25, 0.3) is 0 Å². The van der Waals surface area contributed by atoms with Crippen LogP contribution in [-0.2, 0) is 24.4 Å². The van der Waals surface area contributed by atoms with Crippen LogP contribution in [-0.4, -0.2) is 51.2 Å². The molecule has 34 heavy (non-hydrogen) atoms. The highest BCUT2D eigenvalue weighted by Crippen LogP contribution is 2.32. The summed E-state index contributed by atoms with van der Waals surface area (Å²) in [7, 11) is 0. The summed E-state index contributed by atoms with van der Waals surface area (Å²) in [5, 5.41) is 12.7. The van der Waals surface area contributed by atoms with Crippen molar-refractivity contribution in [3.8, 4) is 11.5 Å². The first-order chi connectivity index (χ1) is 16.7. The molecule has 1 amide bonds. The van der Waals surface area contributed by atoms with Gasteiger partial charge in [-0.1, -0.05) is 54.6 Å². The summed E-state index contributed by atoms with van der Waals surface area (Å²) in [5.41, 5.74) is 2.16. The van der Waals surface area contributed by atoms with Gasteiger partial charge in [-0.3, -0.25) is 9.69 Å². The minimum absolute atomic E-state index is 0.0468. The fourth-order valence-corrected chi connectivity index (χ4v) is 5.00. The zero-order chi connectivity index (χ0) is 23.2. The lowest BCUT2D eigenvalue weighted by atomic mass is 10.1. The highest BCUT2D eigenvalue weighted by Gasteiger charge is 2.19. The third-order valence-electron chi connectivity index (χ3n) is 6.05. The normalized spacial score (nSPS) is 15.4. The number of amides is 1. The molecular formula is C25H29N5O3S. The Hall–Kier alpha value is -3.04. The Balaban J connectivity index is 1.21. The van der Waals surface area contributed by atoms with Gasteiger partial charge in [0, 0.05) is 6.54 Å². The van der Waals surface area contributed by atoms with E-state index in [-0.39, 0.29) is 18.5 Å². The Kier molecular flexibility index (Phi) is 7.31. The van der Waals surface area contributed by atoms with Crippen molar-refractivity contribution in [1.29, 1.82) is 0 Å².